The predicted molar refractivity (Wildman–Crippen MR) is 95.3 cm³/mol. The highest BCUT2D eigenvalue weighted by atomic mass is 16.2. The molecule has 0 bridgehead atoms. The molecular formula is C19H24N4O2. The number of rotatable bonds is 2. The van der Waals surface area contributed by atoms with Gasteiger partial charge in [-0.1, -0.05) is 24.5 Å². The third-order valence-electron chi connectivity index (χ3n) is 5.52. The fourth-order valence-corrected chi connectivity index (χ4v) is 4.15. The Labute approximate surface area is 147 Å². The minimum Gasteiger partial charge on any atom is -0.336 e. The molecular weight excluding hydrogens is 316 g/mol. The molecule has 0 radical (unpaired) electrons. The van der Waals surface area contributed by atoms with Crippen LogP contribution < -0.4 is 0 Å². The standard InChI is InChI=1S/C19H24N4O2/c1-13-7-8-16-15(11-13)18(20-21(16)2)19(25)22-9-10-23(17(24)12-22)14-5-3-4-6-14/h7-8,11,14H,3-6,9-10,12H2,1-2H3. The Morgan fingerprint density at radius 3 is 2.68 bits per heavy atom. The molecule has 1 aliphatic carbocycles. The zero-order valence-corrected chi connectivity index (χ0v) is 14.9. The summed E-state index contributed by atoms with van der Waals surface area (Å²) in [5, 5.41) is 5.29. The lowest BCUT2D eigenvalue weighted by Gasteiger charge is -2.37. The van der Waals surface area contributed by atoms with Crippen molar-refractivity contribution in [1.82, 2.24) is 19.6 Å². The molecule has 4 rings (SSSR count). The SMILES string of the molecule is Cc1ccc2c(c1)c(C(=O)N1CCN(C3CCCC3)C(=O)C1)nn2C. The van der Waals surface area contributed by atoms with Gasteiger partial charge in [0.2, 0.25) is 5.91 Å². The summed E-state index contributed by atoms with van der Waals surface area (Å²) in [6, 6.07) is 6.37. The summed E-state index contributed by atoms with van der Waals surface area (Å²) in [6.07, 6.45) is 4.61. The van der Waals surface area contributed by atoms with E-state index in [1.807, 2.05) is 37.1 Å². The molecule has 0 N–H and O–H groups in total. The molecule has 2 heterocycles. The highest BCUT2D eigenvalue weighted by Gasteiger charge is 2.34. The minimum absolute atomic E-state index is 0.0721. The molecule has 1 aromatic carbocycles. The van der Waals surface area contributed by atoms with Crippen LogP contribution in [0.25, 0.3) is 10.9 Å². The van der Waals surface area contributed by atoms with E-state index < -0.39 is 0 Å². The number of hydrogen-bond donors (Lipinski definition) is 0. The number of carbonyl (C=O) groups is 2. The Kier molecular flexibility index (Phi) is 3.98. The number of carbonyl (C=O) groups excluding carboxylic acids is 2. The lowest BCUT2D eigenvalue weighted by molar-refractivity contribution is -0.137. The Morgan fingerprint density at radius 1 is 1.20 bits per heavy atom. The molecule has 6 nitrogen and oxygen atoms in total. The number of fused-ring (bicyclic) bond motifs is 1. The van der Waals surface area contributed by atoms with E-state index in [4.69, 9.17) is 0 Å². The maximum atomic E-state index is 13.0. The number of amides is 2. The maximum Gasteiger partial charge on any atom is 0.275 e. The van der Waals surface area contributed by atoms with Crippen LogP contribution in [-0.4, -0.2) is 57.1 Å². The van der Waals surface area contributed by atoms with Crippen molar-refractivity contribution in [3.05, 3.63) is 29.5 Å². The van der Waals surface area contributed by atoms with E-state index >= 15 is 0 Å². The summed E-state index contributed by atoms with van der Waals surface area (Å²) in [5.74, 6) is -0.0708. The van der Waals surface area contributed by atoms with Crippen LogP contribution in [-0.2, 0) is 11.8 Å². The highest BCUT2D eigenvalue weighted by Crippen LogP contribution is 2.26. The predicted octanol–water partition coefficient (Wildman–Crippen LogP) is 2.11. The molecule has 1 saturated heterocycles. The van der Waals surface area contributed by atoms with E-state index in [-0.39, 0.29) is 18.4 Å². The number of aryl methyl sites for hydroxylation is 2. The first-order valence-corrected chi connectivity index (χ1v) is 9.06. The van der Waals surface area contributed by atoms with Crippen molar-refractivity contribution in [2.24, 2.45) is 7.05 Å². The number of nitrogens with zero attached hydrogens (tertiary/aromatic N) is 4. The fraction of sp³-hybridized carbons (Fsp3) is 0.526. The molecule has 25 heavy (non-hydrogen) atoms. The summed E-state index contributed by atoms with van der Waals surface area (Å²) >= 11 is 0. The van der Waals surface area contributed by atoms with Crippen LogP contribution >= 0.6 is 0 Å². The third-order valence-corrected chi connectivity index (χ3v) is 5.52. The van der Waals surface area contributed by atoms with Crippen LogP contribution in [0.15, 0.2) is 18.2 Å². The lowest BCUT2D eigenvalue weighted by Crippen LogP contribution is -2.55. The molecule has 6 heteroatoms. The van der Waals surface area contributed by atoms with Gasteiger partial charge in [0.1, 0.15) is 6.54 Å². The molecule has 2 aliphatic rings. The molecule has 1 saturated carbocycles. The average molecular weight is 340 g/mol. The van der Waals surface area contributed by atoms with E-state index in [2.05, 4.69) is 5.10 Å². The Balaban J connectivity index is 1.56. The molecule has 2 amide bonds. The summed E-state index contributed by atoms with van der Waals surface area (Å²) in [5.41, 5.74) is 2.48. The van der Waals surface area contributed by atoms with Crippen LogP contribution in [0.4, 0.5) is 0 Å². The highest BCUT2D eigenvalue weighted by molar-refractivity contribution is 6.06. The van der Waals surface area contributed by atoms with Crippen LogP contribution in [0, 0.1) is 6.92 Å². The normalized spacial score (nSPS) is 19.2. The van der Waals surface area contributed by atoms with Crippen molar-refractivity contribution in [2.75, 3.05) is 19.6 Å². The monoisotopic (exact) mass is 340 g/mol. The van der Waals surface area contributed by atoms with Gasteiger partial charge in [0.05, 0.1) is 5.52 Å². The molecule has 2 fully saturated rings. The number of aromatic nitrogens is 2. The maximum absolute atomic E-state index is 13.0. The van der Waals surface area contributed by atoms with Crippen LogP contribution in [0.2, 0.25) is 0 Å². The van der Waals surface area contributed by atoms with Gasteiger partial charge in [-0.2, -0.15) is 5.10 Å². The van der Waals surface area contributed by atoms with Gasteiger partial charge in [0.15, 0.2) is 5.69 Å². The first-order chi connectivity index (χ1) is 12.0. The van der Waals surface area contributed by atoms with Crippen molar-refractivity contribution in [2.45, 2.75) is 38.6 Å². The van der Waals surface area contributed by atoms with Crippen molar-refractivity contribution in [3.8, 4) is 0 Å². The number of piperazine rings is 1. The fourth-order valence-electron chi connectivity index (χ4n) is 4.15. The van der Waals surface area contributed by atoms with Crippen molar-refractivity contribution >= 4 is 22.7 Å². The Morgan fingerprint density at radius 2 is 1.96 bits per heavy atom. The van der Waals surface area contributed by atoms with Crippen LogP contribution in [0.1, 0.15) is 41.7 Å². The van der Waals surface area contributed by atoms with Gasteiger partial charge in [-0.05, 0) is 31.9 Å². The van der Waals surface area contributed by atoms with Gasteiger partial charge in [-0.3, -0.25) is 14.3 Å². The van der Waals surface area contributed by atoms with E-state index in [1.165, 1.54) is 12.8 Å². The third kappa shape index (κ3) is 2.79. The molecule has 0 spiro atoms. The van der Waals surface area contributed by atoms with Crippen molar-refractivity contribution in [1.29, 1.82) is 0 Å². The molecule has 1 aromatic heterocycles. The first-order valence-electron chi connectivity index (χ1n) is 9.06. The molecule has 1 aliphatic heterocycles. The second-order valence-corrected chi connectivity index (χ2v) is 7.24. The Bertz CT molecular complexity index is 835. The smallest absolute Gasteiger partial charge is 0.275 e. The van der Waals surface area contributed by atoms with Crippen molar-refractivity contribution < 1.29 is 9.59 Å². The lowest BCUT2D eigenvalue weighted by atomic mass is 10.1. The van der Waals surface area contributed by atoms with Gasteiger partial charge in [0.25, 0.3) is 5.91 Å². The van der Waals surface area contributed by atoms with Gasteiger partial charge in [-0.25, -0.2) is 0 Å². The largest absolute Gasteiger partial charge is 0.336 e. The molecule has 132 valence electrons. The van der Waals surface area contributed by atoms with E-state index in [9.17, 15) is 9.59 Å². The zero-order valence-electron chi connectivity index (χ0n) is 14.9. The minimum atomic E-state index is -0.143. The van der Waals surface area contributed by atoms with Gasteiger partial charge >= 0.3 is 0 Å². The average Bonchev–Trinajstić information content (AvgIpc) is 3.22. The zero-order chi connectivity index (χ0) is 17.6. The Hall–Kier alpha value is -2.37. The van der Waals surface area contributed by atoms with Crippen LogP contribution in [0.3, 0.4) is 0 Å². The summed E-state index contributed by atoms with van der Waals surface area (Å²) < 4.78 is 1.73. The molecule has 0 unspecified atom stereocenters. The van der Waals surface area contributed by atoms with Crippen molar-refractivity contribution in [3.63, 3.8) is 0 Å². The molecule has 2 aromatic rings. The number of benzene rings is 1. The topological polar surface area (TPSA) is 58.4 Å². The first kappa shape index (κ1) is 16.1. The van der Waals surface area contributed by atoms with Gasteiger partial charge < -0.3 is 9.80 Å². The summed E-state index contributed by atoms with van der Waals surface area (Å²) in [4.78, 5) is 29.2. The van der Waals surface area contributed by atoms with E-state index in [0.29, 0.717) is 24.8 Å². The van der Waals surface area contributed by atoms with E-state index in [1.54, 1.807) is 9.58 Å². The second kappa shape index (κ2) is 6.17. The van der Waals surface area contributed by atoms with Crippen LogP contribution in [0.5, 0.6) is 0 Å². The van der Waals surface area contributed by atoms with Gasteiger partial charge in [0, 0.05) is 31.6 Å². The number of hydrogen-bond acceptors (Lipinski definition) is 3. The second-order valence-electron chi connectivity index (χ2n) is 7.24. The van der Waals surface area contributed by atoms with Gasteiger partial charge in [-0.15, -0.1) is 0 Å². The quantitative estimate of drug-likeness (QED) is 0.841. The van der Waals surface area contributed by atoms with E-state index in [0.717, 1.165) is 29.3 Å². The molecule has 0 atom stereocenters. The summed E-state index contributed by atoms with van der Waals surface area (Å²) in [7, 11) is 1.84. The summed E-state index contributed by atoms with van der Waals surface area (Å²) in [6.45, 7) is 3.40.